The smallest absolute Gasteiger partial charge is 0.412 e. The van der Waals surface area contributed by atoms with Crippen molar-refractivity contribution in [3.63, 3.8) is 0 Å². The average Bonchev–Trinajstić information content (AvgIpc) is 2.74. The van der Waals surface area contributed by atoms with Crippen LogP contribution in [-0.4, -0.2) is 15.7 Å². The van der Waals surface area contributed by atoms with Gasteiger partial charge in [-0.2, -0.15) is 0 Å². The third-order valence-corrected chi connectivity index (χ3v) is 3.34. The summed E-state index contributed by atoms with van der Waals surface area (Å²) in [6, 6.07) is 9.46. The van der Waals surface area contributed by atoms with E-state index in [9.17, 15) is 4.79 Å². The Kier molecular flexibility index (Phi) is 4.05. The van der Waals surface area contributed by atoms with Gasteiger partial charge in [0.25, 0.3) is 0 Å². The highest BCUT2D eigenvalue weighted by molar-refractivity contribution is 9.10. The molecule has 0 bridgehead atoms. The fraction of sp³-hybridized carbons (Fsp3) is 0.100. The number of anilines is 1. The summed E-state index contributed by atoms with van der Waals surface area (Å²) in [4.78, 5) is 11.4. The highest BCUT2D eigenvalue weighted by Gasteiger charge is 2.09. The Bertz CT molecular complexity index is 503. The van der Waals surface area contributed by atoms with Crippen LogP contribution in [0.15, 0.2) is 34.9 Å². The quantitative estimate of drug-likeness (QED) is 0.946. The summed E-state index contributed by atoms with van der Waals surface area (Å²) >= 11 is 4.24. The van der Waals surface area contributed by atoms with Gasteiger partial charge < -0.3 is 4.74 Å². The van der Waals surface area contributed by atoms with Crippen molar-refractivity contribution in [2.45, 2.75) is 6.61 Å². The van der Waals surface area contributed by atoms with Crippen molar-refractivity contribution in [3.8, 4) is 0 Å². The number of hydrogen-bond donors (Lipinski definition) is 1. The first-order valence-electron chi connectivity index (χ1n) is 4.71. The van der Waals surface area contributed by atoms with E-state index >= 15 is 0 Å². The lowest BCUT2D eigenvalue weighted by Crippen LogP contribution is -2.12. The normalized spacial score (nSPS) is 9.94. The topological polar surface area (TPSA) is 64.1 Å². The zero-order valence-corrected chi connectivity index (χ0v) is 11.0. The number of rotatable bonds is 3. The van der Waals surface area contributed by atoms with Crippen LogP contribution in [0.1, 0.15) is 5.56 Å². The molecule has 0 unspecified atom stereocenters. The molecule has 1 amide bonds. The Morgan fingerprint density at radius 2 is 2.18 bits per heavy atom. The number of nitrogens with one attached hydrogen (secondary N) is 1. The predicted molar refractivity (Wildman–Crippen MR) is 67.9 cm³/mol. The molecule has 0 aliphatic carbocycles. The van der Waals surface area contributed by atoms with Gasteiger partial charge in [-0.25, -0.2) is 4.79 Å². The number of nitrogens with zero attached hydrogens (tertiary/aromatic N) is 2. The zero-order valence-electron chi connectivity index (χ0n) is 8.59. The van der Waals surface area contributed by atoms with Crippen molar-refractivity contribution in [1.82, 2.24) is 9.59 Å². The Labute approximate surface area is 110 Å². The van der Waals surface area contributed by atoms with Crippen molar-refractivity contribution >= 4 is 38.6 Å². The second-order valence-corrected chi connectivity index (χ2v) is 4.58. The molecule has 1 aromatic carbocycles. The Balaban J connectivity index is 1.85. The van der Waals surface area contributed by atoms with Gasteiger partial charge in [0, 0.05) is 11.5 Å². The first-order chi connectivity index (χ1) is 8.25. The molecule has 88 valence electrons. The number of hydrogen-bond acceptors (Lipinski definition) is 5. The molecule has 1 aromatic heterocycles. The SMILES string of the molecule is O=C(Nc1snnc1Br)OCc1ccccc1. The van der Waals surface area contributed by atoms with Crippen LogP contribution in [0.3, 0.4) is 0 Å². The molecule has 7 heteroatoms. The molecule has 5 nitrogen and oxygen atoms in total. The van der Waals surface area contributed by atoms with Crippen LogP contribution in [0.4, 0.5) is 9.80 Å². The van der Waals surface area contributed by atoms with Gasteiger partial charge in [0.15, 0.2) is 9.60 Å². The van der Waals surface area contributed by atoms with Gasteiger partial charge in [0.2, 0.25) is 0 Å². The second-order valence-electron chi connectivity index (χ2n) is 3.08. The lowest BCUT2D eigenvalue weighted by molar-refractivity contribution is 0.155. The van der Waals surface area contributed by atoms with E-state index in [4.69, 9.17) is 4.74 Å². The highest BCUT2D eigenvalue weighted by atomic mass is 79.9. The van der Waals surface area contributed by atoms with Gasteiger partial charge in [-0.1, -0.05) is 34.8 Å². The molecule has 0 fully saturated rings. The predicted octanol–water partition coefficient (Wildman–Crippen LogP) is 3.05. The first kappa shape index (κ1) is 12.0. The lowest BCUT2D eigenvalue weighted by atomic mass is 10.2. The number of carbonyl (C=O) groups excluding carboxylic acids is 1. The lowest BCUT2D eigenvalue weighted by Gasteiger charge is -2.04. The molecule has 0 atom stereocenters. The highest BCUT2D eigenvalue weighted by Crippen LogP contribution is 2.22. The largest absolute Gasteiger partial charge is 0.444 e. The number of ether oxygens (including phenoxy) is 1. The average molecular weight is 314 g/mol. The maximum Gasteiger partial charge on any atom is 0.412 e. The molecule has 0 saturated heterocycles. The number of aromatic nitrogens is 2. The van der Waals surface area contributed by atoms with Crippen molar-refractivity contribution < 1.29 is 9.53 Å². The van der Waals surface area contributed by atoms with Crippen LogP contribution in [0.2, 0.25) is 0 Å². The standard InChI is InChI=1S/C10H8BrN3O2S/c11-8-9(17-14-13-8)12-10(15)16-6-7-4-2-1-3-5-7/h1-5H,6H2,(H,12,15). The summed E-state index contributed by atoms with van der Waals surface area (Å²) in [5, 5.41) is 6.78. The molecule has 2 aromatic rings. The Morgan fingerprint density at radius 3 is 2.82 bits per heavy atom. The van der Waals surface area contributed by atoms with Gasteiger partial charge in [-0.15, -0.1) is 5.10 Å². The summed E-state index contributed by atoms with van der Waals surface area (Å²) in [6.07, 6.45) is -0.527. The molecule has 0 radical (unpaired) electrons. The minimum absolute atomic E-state index is 0.233. The number of carbonyl (C=O) groups is 1. The molecule has 1 N–H and O–H groups in total. The van der Waals surface area contributed by atoms with Gasteiger partial charge in [-0.3, -0.25) is 5.32 Å². The molecule has 0 saturated carbocycles. The number of halogens is 1. The van der Waals surface area contributed by atoms with E-state index in [1.54, 1.807) is 0 Å². The van der Waals surface area contributed by atoms with E-state index in [0.717, 1.165) is 17.1 Å². The van der Waals surface area contributed by atoms with Crippen molar-refractivity contribution in [1.29, 1.82) is 0 Å². The third-order valence-electron chi connectivity index (χ3n) is 1.88. The van der Waals surface area contributed by atoms with Gasteiger partial charge in [-0.05, 0) is 21.5 Å². The monoisotopic (exact) mass is 313 g/mol. The van der Waals surface area contributed by atoms with Crippen LogP contribution >= 0.6 is 27.5 Å². The Morgan fingerprint density at radius 1 is 1.41 bits per heavy atom. The van der Waals surface area contributed by atoms with E-state index in [1.807, 2.05) is 30.3 Å². The molecule has 0 aliphatic heterocycles. The number of amides is 1. The molecule has 17 heavy (non-hydrogen) atoms. The minimum atomic E-state index is -0.527. The van der Waals surface area contributed by atoms with Gasteiger partial charge in [0.05, 0.1) is 0 Å². The molecular formula is C10H8BrN3O2S. The molecule has 0 aliphatic rings. The van der Waals surface area contributed by atoms with E-state index in [-0.39, 0.29) is 6.61 Å². The summed E-state index contributed by atoms with van der Waals surface area (Å²) in [6.45, 7) is 0.233. The van der Waals surface area contributed by atoms with Crippen molar-refractivity contribution in [2.75, 3.05) is 5.32 Å². The molecule has 1 heterocycles. The maximum atomic E-state index is 11.4. The molecule has 2 rings (SSSR count). The Hall–Kier alpha value is -1.47. The second kappa shape index (κ2) is 5.74. The van der Waals surface area contributed by atoms with E-state index in [2.05, 4.69) is 30.8 Å². The van der Waals surface area contributed by atoms with Crippen molar-refractivity contribution in [2.24, 2.45) is 0 Å². The van der Waals surface area contributed by atoms with Crippen LogP contribution < -0.4 is 5.32 Å². The van der Waals surface area contributed by atoms with Gasteiger partial charge >= 0.3 is 6.09 Å². The summed E-state index contributed by atoms with van der Waals surface area (Å²) < 4.78 is 9.20. The van der Waals surface area contributed by atoms with Crippen LogP contribution in [0.5, 0.6) is 0 Å². The summed E-state index contributed by atoms with van der Waals surface area (Å²) in [5.41, 5.74) is 0.934. The maximum absolute atomic E-state index is 11.4. The number of benzene rings is 1. The minimum Gasteiger partial charge on any atom is -0.444 e. The van der Waals surface area contributed by atoms with E-state index in [1.165, 1.54) is 0 Å². The van der Waals surface area contributed by atoms with Gasteiger partial charge in [0.1, 0.15) is 6.61 Å². The summed E-state index contributed by atoms with van der Waals surface area (Å²) in [5.74, 6) is 0. The molecular weight excluding hydrogens is 306 g/mol. The van der Waals surface area contributed by atoms with Crippen LogP contribution in [0, 0.1) is 0 Å². The fourth-order valence-electron chi connectivity index (χ4n) is 1.11. The van der Waals surface area contributed by atoms with Crippen LogP contribution in [0.25, 0.3) is 0 Å². The molecule has 0 spiro atoms. The van der Waals surface area contributed by atoms with E-state index in [0.29, 0.717) is 9.60 Å². The first-order valence-corrected chi connectivity index (χ1v) is 6.28. The fourth-order valence-corrected chi connectivity index (χ4v) is 2.06. The van der Waals surface area contributed by atoms with Crippen LogP contribution in [-0.2, 0) is 11.3 Å². The van der Waals surface area contributed by atoms with E-state index < -0.39 is 6.09 Å². The van der Waals surface area contributed by atoms with Crippen molar-refractivity contribution in [3.05, 3.63) is 40.5 Å². The summed E-state index contributed by atoms with van der Waals surface area (Å²) in [7, 11) is 0. The zero-order chi connectivity index (χ0) is 12.1. The third kappa shape index (κ3) is 3.50.